The molecule has 0 aliphatic carbocycles. The van der Waals surface area contributed by atoms with E-state index in [9.17, 15) is 9.90 Å². The van der Waals surface area contributed by atoms with Gasteiger partial charge in [0.05, 0.1) is 13.7 Å². The molecule has 0 aliphatic rings. The topological polar surface area (TPSA) is 97.5 Å². The molecule has 0 saturated heterocycles. The third-order valence-electron chi connectivity index (χ3n) is 1.78. The first-order valence-electron chi connectivity index (χ1n) is 4.33. The fraction of sp³-hybridized carbons (Fsp3) is 0.625. The minimum atomic E-state index is -1.56. The van der Waals surface area contributed by atoms with Crippen molar-refractivity contribution in [3.05, 3.63) is 12.2 Å². The average molecular weight is 215 g/mol. The van der Waals surface area contributed by atoms with E-state index in [1.807, 2.05) is 0 Å². The molecule has 0 bridgehead atoms. The molecule has 0 radical (unpaired) electrons. The maximum Gasteiger partial charge on any atom is 0.338 e. The number of esters is 1. The number of ether oxygens (including phenoxy) is 1. The van der Waals surface area contributed by atoms with Crippen molar-refractivity contribution in [3.8, 4) is 0 Å². The number of carbonyl (C=O) groups excluding carboxylic acids is 1. The lowest BCUT2D eigenvalue weighted by Crippen LogP contribution is -2.45. The van der Waals surface area contributed by atoms with Crippen molar-refractivity contribution in [3.63, 3.8) is 0 Å². The summed E-state index contributed by atoms with van der Waals surface area (Å²) in [6.07, 6.45) is 1.20. The van der Waals surface area contributed by atoms with Crippen LogP contribution in [0.4, 0.5) is 0 Å². The minimum absolute atomic E-state index is 0.0498. The molecule has 1 unspecified atom stereocenters. The van der Waals surface area contributed by atoms with Crippen molar-refractivity contribution >= 4 is 5.97 Å². The first kappa shape index (κ1) is 11.6. The number of aromatic nitrogens is 2. The Bertz CT molecular complexity index is 310. The average Bonchev–Trinajstić information content (AvgIpc) is 2.69. The molecule has 15 heavy (non-hydrogen) atoms. The number of aliphatic hydroxyl groups is 1. The second-order valence-corrected chi connectivity index (χ2v) is 3.22. The maximum absolute atomic E-state index is 11.1. The zero-order chi connectivity index (χ0) is 11.3. The number of hydrogen-bond acceptors (Lipinski definition) is 7. The van der Waals surface area contributed by atoms with Crippen molar-refractivity contribution in [2.45, 2.75) is 19.1 Å². The van der Waals surface area contributed by atoms with E-state index in [4.69, 9.17) is 0 Å². The molecule has 0 aliphatic heterocycles. The SMILES string of the molecule is COC(=O)C(C)(O)CNCc1ncon1. The van der Waals surface area contributed by atoms with Gasteiger partial charge in [0, 0.05) is 6.54 Å². The van der Waals surface area contributed by atoms with Crippen LogP contribution in [0.3, 0.4) is 0 Å². The van der Waals surface area contributed by atoms with Crippen LogP contribution < -0.4 is 5.32 Å². The van der Waals surface area contributed by atoms with Crippen LogP contribution in [-0.2, 0) is 16.1 Å². The number of carbonyl (C=O) groups is 1. The Balaban J connectivity index is 2.33. The lowest BCUT2D eigenvalue weighted by Gasteiger charge is -2.19. The van der Waals surface area contributed by atoms with Crippen LogP contribution in [0.1, 0.15) is 12.7 Å². The van der Waals surface area contributed by atoms with Gasteiger partial charge in [0.1, 0.15) is 0 Å². The molecule has 0 spiro atoms. The van der Waals surface area contributed by atoms with Gasteiger partial charge in [0.15, 0.2) is 11.4 Å². The van der Waals surface area contributed by atoms with Crippen LogP contribution in [0, 0.1) is 0 Å². The van der Waals surface area contributed by atoms with Gasteiger partial charge in [-0.25, -0.2) is 4.79 Å². The number of nitrogens with one attached hydrogen (secondary N) is 1. The van der Waals surface area contributed by atoms with E-state index in [-0.39, 0.29) is 6.54 Å². The predicted octanol–water partition coefficient (Wildman–Crippen LogP) is -0.917. The van der Waals surface area contributed by atoms with Crippen LogP contribution in [0.25, 0.3) is 0 Å². The number of hydrogen-bond donors (Lipinski definition) is 2. The standard InChI is InChI=1S/C8H13N3O4/c1-8(13,7(12)14-2)4-9-3-6-10-5-15-11-6/h5,9,13H,3-4H2,1-2H3. The summed E-state index contributed by atoms with van der Waals surface area (Å²) < 4.78 is 8.93. The molecule has 7 nitrogen and oxygen atoms in total. The summed E-state index contributed by atoms with van der Waals surface area (Å²) in [7, 11) is 1.22. The van der Waals surface area contributed by atoms with E-state index in [1.54, 1.807) is 0 Å². The van der Waals surface area contributed by atoms with Crippen molar-refractivity contribution in [2.75, 3.05) is 13.7 Å². The molecular weight excluding hydrogens is 202 g/mol. The van der Waals surface area contributed by atoms with Gasteiger partial charge in [-0.15, -0.1) is 0 Å². The number of nitrogens with zero attached hydrogens (tertiary/aromatic N) is 2. The summed E-state index contributed by atoms with van der Waals surface area (Å²) in [5.74, 6) is -0.237. The van der Waals surface area contributed by atoms with Gasteiger partial charge >= 0.3 is 5.97 Å². The minimum Gasteiger partial charge on any atom is -0.467 e. The largest absolute Gasteiger partial charge is 0.467 e. The lowest BCUT2D eigenvalue weighted by molar-refractivity contribution is -0.159. The summed E-state index contributed by atoms with van der Waals surface area (Å²) in [4.78, 5) is 14.8. The molecule has 1 rings (SSSR count). The van der Waals surface area contributed by atoms with Crippen LogP contribution >= 0.6 is 0 Å². The monoisotopic (exact) mass is 215 g/mol. The van der Waals surface area contributed by atoms with Crippen molar-refractivity contribution in [1.29, 1.82) is 0 Å². The molecule has 1 heterocycles. The van der Waals surface area contributed by atoms with E-state index in [0.29, 0.717) is 12.4 Å². The van der Waals surface area contributed by atoms with E-state index >= 15 is 0 Å². The number of rotatable bonds is 5. The highest BCUT2D eigenvalue weighted by molar-refractivity contribution is 5.78. The first-order chi connectivity index (χ1) is 7.06. The summed E-state index contributed by atoms with van der Waals surface area (Å²) in [5, 5.41) is 16.0. The summed E-state index contributed by atoms with van der Waals surface area (Å²) in [6, 6.07) is 0. The van der Waals surface area contributed by atoms with E-state index in [0.717, 1.165) is 0 Å². The highest BCUT2D eigenvalue weighted by Gasteiger charge is 2.30. The zero-order valence-corrected chi connectivity index (χ0v) is 8.56. The van der Waals surface area contributed by atoms with Gasteiger partial charge in [-0.3, -0.25) is 0 Å². The molecule has 1 aromatic heterocycles. The Kier molecular flexibility index (Phi) is 3.75. The molecule has 0 aromatic carbocycles. The lowest BCUT2D eigenvalue weighted by atomic mass is 10.1. The molecule has 1 atom stereocenters. The Labute approximate surface area is 86.4 Å². The Morgan fingerprint density at radius 3 is 3.07 bits per heavy atom. The van der Waals surface area contributed by atoms with Gasteiger partial charge in [-0.1, -0.05) is 5.16 Å². The second kappa shape index (κ2) is 4.85. The molecule has 0 fully saturated rings. The molecule has 84 valence electrons. The van der Waals surface area contributed by atoms with Gasteiger partial charge < -0.3 is 19.7 Å². The van der Waals surface area contributed by atoms with Crippen LogP contribution in [-0.4, -0.2) is 40.5 Å². The third kappa shape index (κ3) is 3.30. The third-order valence-corrected chi connectivity index (χ3v) is 1.78. The van der Waals surface area contributed by atoms with Crippen molar-refractivity contribution < 1.29 is 19.2 Å². The summed E-state index contributed by atoms with van der Waals surface area (Å²) in [5.41, 5.74) is -1.56. The molecular formula is C8H13N3O4. The van der Waals surface area contributed by atoms with Gasteiger partial charge in [-0.05, 0) is 6.92 Å². The molecule has 0 saturated carbocycles. The van der Waals surface area contributed by atoms with Crippen molar-refractivity contribution in [2.24, 2.45) is 0 Å². The second-order valence-electron chi connectivity index (χ2n) is 3.22. The van der Waals surface area contributed by atoms with Crippen molar-refractivity contribution in [1.82, 2.24) is 15.5 Å². The van der Waals surface area contributed by atoms with Gasteiger partial charge in [0.25, 0.3) is 0 Å². The molecule has 1 aromatic rings. The predicted molar refractivity (Wildman–Crippen MR) is 48.6 cm³/mol. The quantitative estimate of drug-likeness (QED) is 0.613. The Hall–Kier alpha value is -1.47. The van der Waals surface area contributed by atoms with E-state index in [2.05, 4.69) is 24.7 Å². The van der Waals surface area contributed by atoms with E-state index < -0.39 is 11.6 Å². The smallest absolute Gasteiger partial charge is 0.338 e. The Morgan fingerprint density at radius 2 is 2.53 bits per heavy atom. The maximum atomic E-state index is 11.1. The van der Waals surface area contributed by atoms with Gasteiger partial charge in [0.2, 0.25) is 6.39 Å². The molecule has 7 heteroatoms. The fourth-order valence-corrected chi connectivity index (χ4v) is 0.980. The fourth-order valence-electron chi connectivity index (χ4n) is 0.980. The summed E-state index contributed by atoms with van der Waals surface area (Å²) >= 11 is 0. The van der Waals surface area contributed by atoms with E-state index in [1.165, 1.54) is 20.4 Å². The normalized spacial score (nSPS) is 14.6. The molecule has 2 N–H and O–H groups in total. The highest BCUT2D eigenvalue weighted by Crippen LogP contribution is 2.03. The first-order valence-corrected chi connectivity index (χ1v) is 4.33. The highest BCUT2D eigenvalue weighted by atomic mass is 16.5. The molecule has 0 amide bonds. The van der Waals surface area contributed by atoms with Gasteiger partial charge in [-0.2, -0.15) is 4.98 Å². The van der Waals surface area contributed by atoms with Crippen LogP contribution in [0.2, 0.25) is 0 Å². The Morgan fingerprint density at radius 1 is 1.80 bits per heavy atom. The van der Waals surface area contributed by atoms with Crippen LogP contribution in [0.5, 0.6) is 0 Å². The number of methoxy groups -OCH3 is 1. The zero-order valence-electron chi connectivity index (χ0n) is 8.56. The summed E-state index contributed by atoms with van der Waals surface area (Å²) in [6.45, 7) is 1.72. The van der Waals surface area contributed by atoms with Crippen LogP contribution in [0.15, 0.2) is 10.9 Å².